The summed E-state index contributed by atoms with van der Waals surface area (Å²) in [6.45, 7) is -0.295. The third kappa shape index (κ3) is 4.69. The third-order valence-corrected chi connectivity index (χ3v) is 9.01. The van der Waals surface area contributed by atoms with E-state index in [-0.39, 0.29) is 29.7 Å². The summed E-state index contributed by atoms with van der Waals surface area (Å²) >= 11 is 0. The van der Waals surface area contributed by atoms with Crippen molar-refractivity contribution in [3.05, 3.63) is 99.8 Å². The average molecular weight is 570 g/mol. The largest absolute Gasteiger partial charge is 0.416 e. The highest BCUT2D eigenvalue weighted by Crippen LogP contribution is 2.40. The molecule has 0 aliphatic carbocycles. The first-order valence-electron chi connectivity index (χ1n) is 12.4. The molecule has 4 aromatic rings. The fourth-order valence-electron chi connectivity index (χ4n) is 5.21. The highest BCUT2D eigenvalue weighted by molar-refractivity contribution is 7.89. The van der Waals surface area contributed by atoms with Crippen LogP contribution in [0.25, 0.3) is 21.9 Å². The second-order valence-electron chi connectivity index (χ2n) is 9.99. The molecule has 1 aromatic heterocycles. The van der Waals surface area contributed by atoms with Crippen LogP contribution in [0, 0.1) is 0 Å². The zero-order chi connectivity index (χ0) is 29.0. The maximum Gasteiger partial charge on any atom is 0.416 e. The molecule has 0 spiro atoms. The van der Waals surface area contributed by atoms with Crippen LogP contribution in [-0.2, 0) is 27.4 Å². The Morgan fingerprint density at radius 3 is 2.35 bits per heavy atom. The minimum Gasteiger partial charge on any atom is -0.347 e. The number of fused-ring (bicyclic) bond motifs is 2. The molecule has 11 heteroatoms. The molecular weight excluding hydrogens is 543 g/mol. The zero-order valence-corrected chi connectivity index (χ0v) is 22.8. The fraction of sp³-hybridized carbons (Fsp3) is 0.241. The number of pyridine rings is 1. The van der Waals surface area contributed by atoms with E-state index in [1.165, 1.54) is 44.2 Å². The van der Waals surface area contributed by atoms with Crippen molar-refractivity contribution in [1.29, 1.82) is 0 Å². The van der Waals surface area contributed by atoms with Crippen LogP contribution in [-0.4, -0.2) is 55.8 Å². The summed E-state index contributed by atoms with van der Waals surface area (Å²) in [6.07, 6.45) is -4.61. The van der Waals surface area contributed by atoms with E-state index in [9.17, 15) is 31.2 Å². The number of nitrogens with zero attached hydrogens (tertiary/aromatic N) is 3. The molecule has 0 bridgehead atoms. The van der Waals surface area contributed by atoms with E-state index >= 15 is 0 Å². The number of carbonyl (C=O) groups is 1. The Hall–Kier alpha value is -3.96. The number of rotatable bonds is 4. The number of alkyl halides is 3. The van der Waals surface area contributed by atoms with Gasteiger partial charge in [-0.05, 0) is 46.0 Å². The highest BCUT2D eigenvalue weighted by Gasteiger charge is 2.42. The van der Waals surface area contributed by atoms with E-state index in [0.29, 0.717) is 0 Å². The molecule has 1 amide bonds. The number of hydrogen-bond acceptors (Lipinski definition) is 4. The molecule has 0 saturated carbocycles. The minimum absolute atomic E-state index is 0.0243. The van der Waals surface area contributed by atoms with Crippen molar-refractivity contribution in [3.63, 3.8) is 0 Å². The molecule has 1 unspecified atom stereocenters. The van der Waals surface area contributed by atoms with Gasteiger partial charge in [0, 0.05) is 39.3 Å². The van der Waals surface area contributed by atoms with Crippen molar-refractivity contribution >= 4 is 26.7 Å². The lowest BCUT2D eigenvalue weighted by molar-refractivity contribution is -0.137. The standard InChI is InChI=1S/C29H26F3N3O4S/c1-33(2)27(37)24-17-34(3)40(38,39)28-26(20-11-7-12-22(15-20)29(30,31)32)21(16-25(36)35(24)28)14-19-10-6-9-18-8-4-5-13-23(18)19/h4-13,15-16,24H,14,17H2,1-3H3. The van der Waals surface area contributed by atoms with Gasteiger partial charge in [-0.25, -0.2) is 8.42 Å². The Morgan fingerprint density at radius 2 is 1.65 bits per heavy atom. The van der Waals surface area contributed by atoms with Crippen molar-refractivity contribution in [2.24, 2.45) is 0 Å². The van der Waals surface area contributed by atoms with Gasteiger partial charge < -0.3 is 4.90 Å². The Morgan fingerprint density at radius 1 is 0.975 bits per heavy atom. The van der Waals surface area contributed by atoms with Crippen molar-refractivity contribution < 1.29 is 26.4 Å². The van der Waals surface area contributed by atoms with Crippen LogP contribution in [0.1, 0.15) is 22.7 Å². The van der Waals surface area contributed by atoms with Gasteiger partial charge in [0.15, 0.2) is 5.03 Å². The summed E-state index contributed by atoms with van der Waals surface area (Å²) in [5, 5.41) is 1.28. The van der Waals surface area contributed by atoms with Gasteiger partial charge in [-0.1, -0.05) is 54.6 Å². The van der Waals surface area contributed by atoms with Crippen molar-refractivity contribution in [2.75, 3.05) is 27.7 Å². The molecule has 0 N–H and O–H groups in total. The number of amides is 1. The van der Waals surface area contributed by atoms with Crippen molar-refractivity contribution in [2.45, 2.75) is 23.7 Å². The van der Waals surface area contributed by atoms with Crippen LogP contribution in [0.4, 0.5) is 13.2 Å². The monoisotopic (exact) mass is 569 g/mol. The van der Waals surface area contributed by atoms with Crippen LogP contribution < -0.4 is 5.56 Å². The van der Waals surface area contributed by atoms with Gasteiger partial charge in [-0.2, -0.15) is 17.5 Å². The first kappa shape index (κ1) is 27.6. The summed E-state index contributed by atoms with van der Waals surface area (Å²) in [7, 11) is -0.121. The Balaban J connectivity index is 1.88. The molecule has 1 aliphatic rings. The molecule has 208 valence electrons. The van der Waals surface area contributed by atoms with Gasteiger partial charge in [0.25, 0.3) is 15.6 Å². The molecule has 3 aromatic carbocycles. The van der Waals surface area contributed by atoms with E-state index < -0.39 is 44.3 Å². The number of hydrogen-bond donors (Lipinski definition) is 0. The molecule has 1 atom stereocenters. The second kappa shape index (κ2) is 9.90. The first-order chi connectivity index (χ1) is 18.8. The lowest BCUT2D eigenvalue weighted by Crippen LogP contribution is -2.50. The van der Waals surface area contributed by atoms with Gasteiger partial charge in [-0.15, -0.1) is 0 Å². The first-order valence-corrected chi connectivity index (χ1v) is 13.8. The quantitative estimate of drug-likeness (QED) is 0.362. The van der Waals surface area contributed by atoms with E-state index in [4.69, 9.17) is 0 Å². The average Bonchev–Trinajstić information content (AvgIpc) is 2.90. The van der Waals surface area contributed by atoms with Crippen LogP contribution in [0.3, 0.4) is 0 Å². The molecule has 2 heterocycles. The molecule has 0 saturated heterocycles. The van der Waals surface area contributed by atoms with Gasteiger partial charge >= 0.3 is 6.18 Å². The summed E-state index contributed by atoms with van der Waals surface area (Å²) in [5.41, 5.74) is -0.753. The van der Waals surface area contributed by atoms with E-state index in [1.807, 2.05) is 42.5 Å². The fourth-order valence-corrected chi connectivity index (χ4v) is 6.81. The Labute approximate surface area is 229 Å². The number of benzene rings is 3. The predicted molar refractivity (Wildman–Crippen MR) is 145 cm³/mol. The number of carbonyl (C=O) groups excluding carboxylic acids is 1. The predicted octanol–water partition coefficient (Wildman–Crippen LogP) is 4.54. The lowest BCUT2D eigenvalue weighted by atomic mass is 9.93. The van der Waals surface area contributed by atoms with E-state index in [2.05, 4.69) is 0 Å². The molecule has 1 aliphatic heterocycles. The molecule has 0 fully saturated rings. The van der Waals surface area contributed by atoms with Gasteiger partial charge in [0.1, 0.15) is 6.04 Å². The summed E-state index contributed by atoms with van der Waals surface area (Å²) < 4.78 is 70.7. The van der Waals surface area contributed by atoms with Gasteiger partial charge in [0.05, 0.1) is 5.56 Å². The third-order valence-electron chi connectivity index (χ3n) is 7.15. The lowest BCUT2D eigenvalue weighted by Gasteiger charge is -2.35. The second-order valence-corrected chi connectivity index (χ2v) is 11.9. The van der Waals surface area contributed by atoms with E-state index in [1.54, 1.807) is 0 Å². The Bertz CT molecular complexity index is 1810. The Kier molecular flexibility index (Phi) is 6.83. The number of likely N-dealkylation sites (N-methyl/N-ethyl adjacent to an activating group) is 2. The molecule has 0 radical (unpaired) electrons. The SMILES string of the molecule is CN(C)C(=O)C1CN(C)S(=O)(=O)c2c(-c3cccc(C(F)(F)F)c3)c(Cc3cccc4ccccc34)cc(=O)n21. The molecule has 7 nitrogen and oxygen atoms in total. The summed E-state index contributed by atoms with van der Waals surface area (Å²) in [5.74, 6) is -0.512. The van der Waals surface area contributed by atoms with Crippen LogP contribution in [0.2, 0.25) is 0 Å². The van der Waals surface area contributed by atoms with Gasteiger partial charge in [0.2, 0.25) is 5.91 Å². The van der Waals surface area contributed by atoms with E-state index in [0.717, 1.165) is 37.3 Å². The number of sulfonamides is 1. The topological polar surface area (TPSA) is 79.7 Å². The van der Waals surface area contributed by atoms with Gasteiger partial charge in [-0.3, -0.25) is 14.2 Å². The van der Waals surface area contributed by atoms with Crippen molar-refractivity contribution in [3.8, 4) is 11.1 Å². The molecular formula is C29H26F3N3O4S. The van der Waals surface area contributed by atoms with Crippen molar-refractivity contribution in [1.82, 2.24) is 13.8 Å². The van der Waals surface area contributed by atoms with Crippen LogP contribution in [0.5, 0.6) is 0 Å². The highest BCUT2D eigenvalue weighted by atomic mass is 32.2. The molecule has 5 rings (SSSR count). The summed E-state index contributed by atoms with van der Waals surface area (Å²) in [6, 6.07) is 17.5. The minimum atomic E-state index is -4.68. The summed E-state index contributed by atoms with van der Waals surface area (Å²) in [4.78, 5) is 28.0. The smallest absolute Gasteiger partial charge is 0.347 e. The molecule has 40 heavy (non-hydrogen) atoms. The zero-order valence-electron chi connectivity index (χ0n) is 21.9. The maximum atomic E-state index is 13.8. The van der Waals surface area contributed by atoms with Crippen LogP contribution >= 0.6 is 0 Å². The van der Waals surface area contributed by atoms with Crippen LogP contribution in [0.15, 0.2) is 82.6 Å². The maximum absolute atomic E-state index is 13.8. The number of halogens is 3. The normalized spacial score (nSPS) is 17.0. The number of aromatic nitrogens is 1.